The summed E-state index contributed by atoms with van der Waals surface area (Å²) in [6.45, 7) is 2.66. The van der Waals surface area contributed by atoms with Gasteiger partial charge in [-0.05, 0) is 38.0 Å². The maximum absolute atomic E-state index is 12.0. The van der Waals surface area contributed by atoms with Crippen LogP contribution in [0.1, 0.15) is 39.0 Å². The zero-order chi connectivity index (χ0) is 13.6. The van der Waals surface area contributed by atoms with Crippen LogP contribution in [0, 0.1) is 5.92 Å². The fourth-order valence-electron chi connectivity index (χ4n) is 2.35. The molecular formula is C12H24ClNO3S. The maximum Gasteiger partial charge on any atom is 0.212 e. The Bertz CT molecular complexity index is 337. The standard InChI is InChI=1S/C12H24ClNO3S/c1-11-4-6-12(10-13,7-5-11)14-18(15,16)9-3-8-17-2/h11,14H,3-10H2,1-2H3. The van der Waals surface area contributed by atoms with Gasteiger partial charge in [-0.15, -0.1) is 11.6 Å². The lowest BCUT2D eigenvalue weighted by molar-refractivity contribution is 0.199. The second kappa shape index (κ2) is 7.08. The second-order valence-corrected chi connectivity index (χ2v) is 7.47. The van der Waals surface area contributed by atoms with Gasteiger partial charge in [0.15, 0.2) is 0 Å². The Balaban J connectivity index is 2.56. The van der Waals surface area contributed by atoms with E-state index >= 15 is 0 Å². The van der Waals surface area contributed by atoms with Crippen LogP contribution in [0.25, 0.3) is 0 Å². The molecule has 0 aliphatic heterocycles. The molecule has 4 nitrogen and oxygen atoms in total. The van der Waals surface area contributed by atoms with Crippen LogP contribution in [-0.2, 0) is 14.8 Å². The normalized spacial score (nSPS) is 29.4. The quantitative estimate of drug-likeness (QED) is 0.578. The fraction of sp³-hybridized carbons (Fsp3) is 1.00. The zero-order valence-corrected chi connectivity index (χ0v) is 12.8. The van der Waals surface area contributed by atoms with Crippen molar-refractivity contribution in [2.75, 3.05) is 25.3 Å². The first-order valence-electron chi connectivity index (χ1n) is 6.49. The number of sulfonamides is 1. The average molecular weight is 298 g/mol. The molecule has 0 spiro atoms. The van der Waals surface area contributed by atoms with E-state index in [1.54, 1.807) is 7.11 Å². The van der Waals surface area contributed by atoms with Gasteiger partial charge < -0.3 is 4.74 Å². The van der Waals surface area contributed by atoms with Crippen molar-refractivity contribution >= 4 is 21.6 Å². The molecule has 0 atom stereocenters. The van der Waals surface area contributed by atoms with E-state index in [1.165, 1.54) is 0 Å². The number of alkyl halides is 1. The van der Waals surface area contributed by atoms with Crippen molar-refractivity contribution in [3.8, 4) is 0 Å². The highest BCUT2D eigenvalue weighted by atomic mass is 35.5. The number of hydrogen-bond donors (Lipinski definition) is 1. The van der Waals surface area contributed by atoms with Crippen LogP contribution in [0.2, 0.25) is 0 Å². The number of rotatable bonds is 7. The molecule has 0 radical (unpaired) electrons. The van der Waals surface area contributed by atoms with Crippen LogP contribution in [0.4, 0.5) is 0 Å². The molecule has 1 aliphatic carbocycles. The van der Waals surface area contributed by atoms with Gasteiger partial charge in [-0.2, -0.15) is 0 Å². The molecule has 1 aliphatic rings. The van der Waals surface area contributed by atoms with E-state index in [0.29, 0.717) is 24.8 Å². The Morgan fingerprint density at radius 3 is 2.50 bits per heavy atom. The minimum Gasteiger partial charge on any atom is -0.385 e. The molecule has 6 heteroatoms. The van der Waals surface area contributed by atoms with Gasteiger partial charge in [-0.25, -0.2) is 13.1 Å². The molecule has 1 saturated carbocycles. The summed E-state index contributed by atoms with van der Waals surface area (Å²) in [4.78, 5) is 0. The molecule has 0 amide bonds. The largest absolute Gasteiger partial charge is 0.385 e. The van der Waals surface area contributed by atoms with Crippen LogP contribution in [0.15, 0.2) is 0 Å². The lowest BCUT2D eigenvalue weighted by Crippen LogP contribution is -2.52. The van der Waals surface area contributed by atoms with E-state index in [-0.39, 0.29) is 5.75 Å². The summed E-state index contributed by atoms with van der Waals surface area (Å²) in [5.41, 5.74) is -0.431. The van der Waals surface area contributed by atoms with Gasteiger partial charge in [0.05, 0.1) is 5.75 Å². The molecule has 0 bridgehead atoms. The highest BCUT2D eigenvalue weighted by Crippen LogP contribution is 2.33. The first-order valence-corrected chi connectivity index (χ1v) is 8.68. The number of nitrogens with one attached hydrogen (secondary N) is 1. The van der Waals surface area contributed by atoms with Crippen molar-refractivity contribution in [2.45, 2.75) is 44.6 Å². The summed E-state index contributed by atoms with van der Waals surface area (Å²) < 4.78 is 31.7. The van der Waals surface area contributed by atoms with Crippen LogP contribution in [0.5, 0.6) is 0 Å². The summed E-state index contributed by atoms with van der Waals surface area (Å²) in [6, 6.07) is 0. The van der Waals surface area contributed by atoms with Gasteiger partial charge in [-0.3, -0.25) is 0 Å². The van der Waals surface area contributed by atoms with E-state index in [4.69, 9.17) is 16.3 Å². The highest BCUT2D eigenvalue weighted by molar-refractivity contribution is 7.89. The van der Waals surface area contributed by atoms with Crippen LogP contribution >= 0.6 is 11.6 Å². The molecule has 1 rings (SSSR count). The molecule has 1 N–H and O–H groups in total. The van der Waals surface area contributed by atoms with E-state index in [1.807, 2.05) is 0 Å². The Labute approximate surface area is 115 Å². The predicted octanol–water partition coefficient (Wildman–Crippen LogP) is 2.13. The lowest BCUT2D eigenvalue weighted by atomic mass is 9.79. The number of halogens is 1. The number of hydrogen-bond acceptors (Lipinski definition) is 3. The third kappa shape index (κ3) is 5.03. The predicted molar refractivity (Wildman–Crippen MR) is 74.5 cm³/mol. The summed E-state index contributed by atoms with van der Waals surface area (Å²) in [7, 11) is -1.68. The van der Waals surface area contributed by atoms with Gasteiger partial charge >= 0.3 is 0 Å². The molecule has 0 aromatic carbocycles. The Kier molecular flexibility index (Phi) is 6.38. The van der Waals surface area contributed by atoms with Crippen molar-refractivity contribution in [3.05, 3.63) is 0 Å². The van der Waals surface area contributed by atoms with Gasteiger partial charge in [0.1, 0.15) is 0 Å². The van der Waals surface area contributed by atoms with Crippen molar-refractivity contribution in [2.24, 2.45) is 5.92 Å². The minimum atomic E-state index is -3.26. The van der Waals surface area contributed by atoms with Crippen molar-refractivity contribution in [3.63, 3.8) is 0 Å². The fourth-order valence-corrected chi connectivity index (χ4v) is 4.30. The smallest absolute Gasteiger partial charge is 0.212 e. The van der Waals surface area contributed by atoms with E-state index in [9.17, 15) is 8.42 Å². The molecule has 108 valence electrons. The van der Waals surface area contributed by atoms with Gasteiger partial charge in [0.2, 0.25) is 10.0 Å². The summed E-state index contributed by atoms with van der Waals surface area (Å²) in [6.07, 6.45) is 4.25. The third-order valence-electron chi connectivity index (χ3n) is 3.62. The Morgan fingerprint density at radius 2 is 2.00 bits per heavy atom. The van der Waals surface area contributed by atoms with Crippen molar-refractivity contribution in [1.29, 1.82) is 0 Å². The Morgan fingerprint density at radius 1 is 1.39 bits per heavy atom. The lowest BCUT2D eigenvalue weighted by Gasteiger charge is -2.38. The second-order valence-electron chi connectivity index (χ2n) is 5.36. The maximum atomic E-state index is 12.0. The molecule has 18 heavy (non-hydrogen) atoms. The summed E-state index contributed by atoms with van der Waals surface area (Å²) in [5.74, 6) is 1.12. The molecule has 1 fully saturated rings. The first-order chi connectivity index (χ1) is 8.43. The molecule has 0 aromatic heterocycles. The van der Waals surface area contributed by atoms with E-state index in [2.05, 4.69) is 11.6 Å². The molecule has 0 heterocycles. The summed E-state index contributed by atoms with van der Waals surface area (Å²) in [5, 5.41) is 0. The average Bonchev–Trinajstić information content (AvgIpc) is 2.32. The van der Waals surface area contributed by atoms with Crippen LogP contribution in [0.3, 0.4) is 0 Å². The Hall–Kier alpha value is 0.160. The number of methoxy groups -OCH3 is 1. The molecular weight excluding hydrogens is 274 g/mol. The molecule has 0 aromatic rings. The van der Waals surface area contributed by atoms with Gasteiger partial charge in [0.25, 0.3) is 0 Å². The van der Waals surface area contributed by atoms with Crippen LogP contribution < -0.4 is 4.72 Å². The van der Waals surface area contributed by atoms with Crippen LogP contribution in [-0.4, -0.2) is 39.3 Å². The van der Waals surface area contributed by atoms with Crippen molar-refractivity contribution in [1.82, 2.24) is 4.72 Å². The van der Waals surface area contributed by atoms with Gasteiger partial charge in [-0.1, -0.05) is 6.92 Å². The minimum absolute atomic E-state index is 0.106. The first kappa shape index (κ1) is 16.2. The monoisotopic (exact) mass is 297 g/mol. The van der Waals surface area contributed by atoms with Gasteiger partial charge in [0, 0.05) is 25.1 Å². The summed E-state index contributed by atoms with van der Waals surface area (Å²) >= 11 is 6.00. The SMILES string of the molecule is COCCCS(=O)(=O)NC1(CCl)CCC(C)CC1. The zero-order valence-electron chi connectivity index (χ0n) is 11.2. The number of ether oxygens (including phenoxy) is 1. The van der Waals surface area contributed by atoms with E-state index in [0.717, 1.165) is 25.7 Å². The highest BCUT2D eigenvalue weighted by Gasteiger charge is 2.36. The third-order valence-corrected chi connectivity index (χ3v) is 5.70. The van der Waals surface area contributed by atoms with E-state index < -0.39 is 15.6 Å². The molecule has 0 saturated heterocycles. The topological polar surface area (TPSA) is 55.4 Å². The van der Waals surface area contributed by atoms with Crippen molar-refractivity contribution < 1.29 is 13.2 Å². The molecule has 0 unspecified atom stereocenters.